The highest BCUT2D eigenvalue weighted by atomic mass is 79.9. The molecule has 3 heteroatoms. The van der Waals surface area contributed by atoms with Gasteiger partial charge in [-0.3, -0.25) is 0 Å². The van der Waals surface area contributed by atoms with Crippen molar-refractivity contribution in [1.82, 2.24) is 0 Å². The Bertz CT molecular complexity index is 336. The molecule has 0 radical (unpaired) electrons. The van der Waals surface area contributed by atoms with E-state index in [-0.39, 0.29) is 11.7 Å². The first kappa shape index (κ1) is 10.1. The molecule has 76 valence electrons. The van der Waals surface area contributed by atoms with Gasteiger partial charge in [0, 0.05) is 10.0 Å². The Morgan fingerprint density at radius 1 is 1.43 bits per heavy atom. The van der Waals surface area contributed by atoms with Crippen LogP contribution < -0.4 is 0 Å². The Labute approximate surface area is 91.1 Å². The maximum atomic E-state index is 13.4. The number of aliphatic hydroxyl groups excluding tert-OH is 1. The van der Waals surface area contributed by atoms with Gasteiger partial charge in [-0.1, -0.05) is 22.4 Å². The van der Waals surface area contributed by atoms with Crippen molar-refractivity contribution in [3.05, 3.63) is 34.1 Å². The van der Waals surface area contributed by atoms with E-state index in [0.717, 1.165) is 23.7 Å². The number of halogens is 2. The molecule has 1 unspecified atom stereocenters. The highest BCUT2D eigenvalue weighted by molar-refractivity contribution is 9.10. The average Bonchev–Trinajstić information content (AvgIpc) is 2.06. The minimum Gasteiger partial charge on any atom is -0.388 e. The highest BCUT2D eigenvalue weighted by Gasteiger charge is 2.28. The van der Waals surface area contributed by atoms with Gasteiger partial charge < -0.3 is 5.11 Å². The second-order valence-corrected chi connectivity index (χ2v) is 4.72. The molecule has 14 heavy (non-hydrogen) atoms. The quantitative estimate of drug-likeness (QED) is 0.862. The Balaban J connectivity index is 2.24. The number of hydrogen-bond acceptors (Lipinski definition) is 1. The Morgan fingerprint density at radius 3 is 2.71 bits per heavy atom. The molecular formula is C11H12BrFO. The summed E-state index contributed by atoms with van der Waals surface area (Å²) in [4.78, 5) is 0. The molecule has 1 fully saturated rings. The monoisotopic (exact) mass is 258 g/mol. The fraction of sp³-hybridized carbons (Fsp3) is 0.455. The molecule has 1 nitrogen and oxygen atoms in total. The van der Waals surface area contributed by atoms with E-state index < -0.39 is 6.10 Å². The van der Waals surface area contributed by atoms with Crippen LogP contribution in [0, 0.1) is 11.7 Å². The van der Waals surface area contributed by atoms with Crippen molar-refractivity contribution in [3.63, 3.8) is 0 Å². The van der Waals surface area contributed by atoms with Crippen LogP contribution in [0.15, 0.2) is 22.7 Å². The third-order valence-corrected chi connectivity index (χ3v) is 3.37. The van der Waals surface area contributed by atoms with Crippen LogP contribution in [0.5, 0.6) is 0 Å². The van der Waals surface area contributed by atoms with Gasteiger partial charge in [0.1, 0.15) is 5.82 Å². The molecule has 0 amide bonds. The van der Waals surface area contributed by atoms with Gasteiger partial charge in [-0.15, -0.1) is 0 Å². The zero-order chi connectivity index (χ0) is 10.1. The van der Waals surface area contributed by atoms with Crippen molar-refractivity contribution in [2.24, 2.45) is 5.92 Å². The summed E-state index contributed by atoms with van der Waals surface area (Å²) in [5, 5.41) is 9.88. The third kappa shape index (κ3) is 1.84. The molecule has 0 bridgehead atoms. The van der Waals surface area contributed by atoms with Gasteiger partial charge in [-0.2, -0.15) is 0 Å². The maximum Gasteiger partial charge on any atom is 0.129 e. The summed E-state index contributed by atoms with van der Waals surface area (Å²) in [6.45, 7) is 0. The maximum absolute atomic E-state index is 13.4. The standard InChI is InChI=1S/C11H12BrFO/c12-8-4-5-10(13)9(6-8)11(14)7-2-1-3-7/h4-7,11,14H,1-3H2. The molecule has 0 aromatic heterocycles. The van der Waals surface area contributed by atoms with Gasteiger partial charge in [0.25, 0.3) is 0 Å². The highest BCUT2D eigenvalue weighted by Crippen LogP contribution is 2.38. The van der Waals surface area contributed by atoms with Crippen molar-refractivity contribution < 1.29 is 9.50 Å². The van der Waals surface area contributed by atoms with Gasteiger partial charge in [-0.05, 0) is 37.0 Å². The van der Waals surface area contributed by atoms with Crippen LogP contribution in [0.2, 0.25) is 0 Å². The molecule has 0 heterocycles. The molecule has 0 spiro atoms. The lowest BCUT2D eigenvalue weighted by Gasteiger charge is -2.30. The first-order chi connectivity index (χ1) is 6.68. The summed E-state index contributed by atoms with van der Waals surface area (Å²) >= 11 is 3.28. The summed E-state index contributed by atoms with van der Waals surface area (Å²) < 4.78 is 14.2. The van der Waals surface area contributed by atoms with Crippen molar-refractivity contribution >= 4 is 15.9 Å². The van der Waals surface area contributed by atoms with E-state index in [1.54, 1.807) is 12.1 Å². The molecule has 1 aromatic rings. The molecule has 1 aliphatic rings. The van der Waals surface area contributed by atoms with Crippen LogP contribution in [-0.4, -0.2) is 5.11 Å². The van der Waals surface area contributed by atoms with E-state index >= 15 is 0 Å². The summed E-state index contributed by atoms with van der Waals surface area (Å²) in [7, 11) is 0. The third-order valence-electron chi connectivity index (χ3n) is 2.87. The second-order valence-electron chi connectivity index (χ2n) is 3.80. The Morgan fingerprint density at radius 2 is 2.14 bits per heavy atom. The van der Waals surface area contributed by atoms with E-state index in [0.29, 0.717) is 5.56 Å². The molecular weight excluding hydrogens is 247 g/mol. The SMILES string of the molecule is OC(c1cc(Br)ccc1F)C1CCC1. The summed E-state index contributed by atoms with van der Waals surface area (Å²) in [6, 6.07) is 4.70. The fourth-order valence-electron chi connectivity index (χ4n) is 1.75. The smallest absolute Gasteiger partial charge is 0.129 e. The lowest BCUT2D eigenvalue weighted by Crippen LogP contribution is -2.20. The first-order valence-corrected chi connectivity index (χ1v) is 5.61. The summed E-state index contributed by atoms with van der Waals surface area (Å²) in [5.41, 5.74) is 0.420. The van der Waals surface area contributed by atoms with Crippen LogP contribution >= 0.6 is 15.9 Å². The van der Waals surface area contributed by atoms with E-state index in [4.69, 9.17) is 0 Å². The molecule has 0 aliphatic heterocycles. The van der Waals surface area contributed by atoms with Crippen LogP contribution in [0.3, 0.4) is 0 Å². The molecule has 0 saturated heterocycles. The fourth-order valence-corrected chi connectivity index (χ4v) is 2.13. The van der Waals surface area contributed by atoms with Crippen molar-refractivity contribution in [1.29, 1.82) is 0 Å². The topological polar surface area (TPSA) is 20.2 Å². The normalized spacial score (nSPS) is 19.1. The Kier molecular flexibility index (Phi) is 2.88. The van der Waals surface area contributed by atoms with Crippen LogP contribution in [0.25, 0.3) is 0 Å². The number of rotatable bonds is 2. The van der Waals surface area contributed by atoms with E-state index in [2.05, 4.69) is 15.9 Å². The lowest BCUT2D eigenvalue weighted by molar-refractivity contribution is 0.0591. The molecule has 1 atom stereocenters. The largest absolute Gasteiger partial charge is 0.388 e. The minimum atomic E-state index is -0.638. The minimum absolute atomic E-state index is 0.249. The lowest BCUT2D eigenvalue weighted by atomic mass is 9.79. The van der Waals surface area contributed by atoms with Gasteiger partial charge in [-0.25, -0.2) is 4.39 Å². The molecule has 1 N–H and O–H groups in total. The number of aliphatic hydroxyl groups is 1. The van der Waals surface area contributed by atoms with E-state index in [9.17, 15) is 9.50 Å². The summed E-state index contributed by atoms with van der Waals surface area (Å²) in [6.07, 6.45) is 2.53. The van der Waals surface area contributed by atoms with Gasteiger partial charge >= 0.3 is 0 Å². The molecule has 1 saturated carbocycles. The van der Waals surface area contributed by atoms with Crippen molar-refractivity contribution in [2.75, 3.05) is 0 Å². The predicted molar refractivity (Wildman–Crippen MR) is 56.4 cm³/mol. The van der Waals surface area contributed by atoms with Crippen LogP contribution in [-0.2, 0) is 0 Å². The van der Waals surface area contributed by atoms with Crippen LogP contribution in [0.4, 0.5) is 4.39 Å². The molecule has 2 rings (SSSR count). The van der Waals surface area contributed by atoms with Gasteiger partial charge in [0.05, 0.1) is 6.10 Å². The second kappa shape index (κ2) is 3.99. The summed E-state index contributed by atoms with van der Waals surface area (Å²) in [5.74, 6) is -0.0635. The zero-order valence-corrected chi connectivity index (χ0v) is 9.30. The number of hydrogen-bond donors (Lipinski definition) is 1. The van der Waals surface area contributed by atoms with Gasteiger partial charge in [0.15, 0.2) is 0 Å². The molecule has 1 aliphatic carbocycles. The van der Waals surface area contributed by atoms with Gasteiger partial charge in [0.2, 0.25) is 0 Å². The average molecular weight is 259 g/mol. The number of benzene rings is 1. The van der Waals surface area contributed by atoms with Crippen molar-refractivity contribution in [2.45, 2.75) is 25.4 Å². The van der Waals surface area contributed by atoms with E-state index in [1.165, 1.54) is 6.07 Å². The zero-order valence-electron chi connectivity index (χ0n) is 7.71. The first-order valence-electron chi connectivity index (χ1n) is 4.81. The van der Waals surface area contributed by atoms with Crippen molar-refractivity contribution in [3.8, 4) is 0 Å². The Hall–Kier alpha value is -0.410. The molecule has 1 aromatic carbocycles. The van der Waals surface area contributed by atoms with E-state index in [1.807, 2.05) is 0 Å². The van der Waals surface area contributed by atoms with Crippen LogP contribution in [0.1, 0.15) is 30.9 Å². The predicted octanol–water partition coefficient (Wildman–Crippen LogP) is 3.42.